The lowest BCUT2D eigenvalue weighted by Gasteiger charge is -2.09. The number of carbonyl (C=O) groups is 1. The van der Waals surface area contributed by atoms with Crippen molar-refractivity contribution in [3.05, 3.63) is 82.7 Å². The summed E-state index contributed by atoms with van der Waals surface area (Å²) in [7, 11) is -3.77. The number of carbonyl (C=O) groups excluding carboxylic acids is 1. The number of benzene rings is 2. The number of sulfonamides is 1. The maximum absolute atomic E-state index is 12.4. The lowest BCUT2D eigenvalue weighted by molar-refractivity contribution is 0.102. The Morgan fingerprint density at radius 3 is 2.58 bits per heavy atom. The van der Waals surface area contributed by atoms with E-state index in [0.717, 1.165) is 4.47 Å². The zero-order valence-electron chi connectivity index (χ0n) is 13.5. The first-order chi connectivity index (χ1) is 12.4. The van der Waals surface area contributed by atoms with E-state index in [4.69, 9.17) is 4.42 Å². The molecule has 26 heavy (non-hydrogen) atoms. The third kappa shape index (κ3) is 4.60. The average molecular weight is 435 g/mol. The first kappa shape index (κ1) is 18.4. The van der Waals surface area contributed by atoms with Gasteiger partial charge in [0.05, 0.1) is 17.7 Å². The largest absolute Gasteiger partial charge is 0.468 e. The van der Waals surface area contributed by atoms with Crippen LogP contribution in [0.15, 0.2) is 80.7 Å². The fraction of sp³-hybridized carbons (Fsp3) is 0.0556. The zero-order chi connectivity index (χ0) is 18.6. The van der Waals surface area contributed by atoms with E-state index in [1.165, 1.54) is 24.5 Å². The standard InChI is InChI=1S/C18H15BrN2O4S/c19-14-5-2-6-15(11-14)21-18(22)13-4-1-8-17(10-13)26(23,24)20-12-16-7-3-9-25-16/h1-11,20H,12H2,(H,21,22). The van der Waals surface area contributed by atoms with Crippen LogP contribution in [0.1, 0.15) is 16.1 Å². The number of furan rings is 1. The Balaban J connectivity index is 1.75. The van der Waals surface area contributed by atoms with Gasteiger partial charge < -0.3 is 9.73 Å². The fourth-order valence-electron chi connectivity index (χ4n) is 2.24. The van der Waals surface area contributed by atoms with E-state index < -0.39 is 15.9 Å². The number of halogens is 1. The second-order valence-electron chi connectivity index (χ2n) is 5.40. The molecule has 134 valence electrons. The Morgan fingerprint density at radius 2 is 1.85 bits per heavy atom. The van der Waals surface area contributed by atoms with Gasteiger partial charge in [0, 0.05) is 15.7 Å². The molecule has 0 unspecified atom stereocenters. The number of nitrogens with one attached hydrogen (secondary N) is 2. The average Bonchev–Trinajstić information content (AvgIpc) is 3.14. The van der Waals surface area contributed by atoms with E-state index in [1.54, 1.807) is 36.4 Å². The van der Waals surface area contributed by atoms with E-state index in [9.17, 15) is 13.2 Å². The van der Waals surface area contributed by atoms with E-state index >= 15 is 0 Å². The summed E-state index contributed by atoms with van der Waals surface area (Å²) in [6.45, 7) is 0.0315. The second-order valence-corrected chi connectivity index (χ2v) is 8.08. The maximum Gasteiger partial charge on any atom is 0.255 e. The van der Waals surface area contributed by atoms with Crippen molar-refractivity contribution >= 4 is 37.5 Å². The first-order valence-corrected chi connectivity index (χ1v) is 9.91. The molecule has 0 bridgehead atoms. The van der Waals surface area contributed by atoms with Crippen LogP contribution in [0.4, 0.5) is 5.69 Å². The molecular formula is C18H15BrN2O4S. The van der Waals surface area contributed by atoms with Crippen LogP contribution in [0, 0.1) is 0 Å². The minimum Gasteiger partial charge on any atom is -0.468 e. The molecule has 3 aromatic rings. The summed E-state index contributed by atoms with van der Waals surface area (Å²) in [6, 6.07) is 16.3. The smallest absolute Gasteiger partial charge is 0.255 e. The maximum atomic E-state index is 12.4. The Bertz CT molecular complexity index is 1020. The van der Waals surface area contributed by atoms with Crippen LogP contribution in [0.5, 0.6) is 0 Å². The quantitative estimate of drug-likeness (QED) is 0.617. The minimum absolute atomic E-state index is 0.00551. The van der Waals surface area contributed by atoms with Gasteiger partial charge in [0.15, 0.2) is 0 Å². The molecule has 1 amide bonds. The molecule has 2 aromatic carbocycles. The predicted octanol–water partition coefficient (Wildman–Crippen LogP) is 3.77. The summed E-state index contributed by atoms with van der Waals surface area (Å²) < 4.78 is 33.2. The van der Waals surface area contributed by atoms with Crippen molar-refractivity contribution in [1.82, 2.24) is 4.72 Å². The van der Waals surface area contributed by atoms with Crippen molar-refractivity contribution in [2.24, 2.45) is 0 Å². The predicted molar refractivity (Wildman–Crippen MR) is 101 cm³/mol. The molecule has 0 aliphatic carbocycles. The topological polar surface area (TPSA) is 88.4 Å². The van der Waals surface area contributed by atoms with E-state index in [-0.39, 0.29) is 17.0 Å². The monoisotopic (exact) mass is 434 g/mol. The van der Waals surface area contributed by atoms with Crippen molar-refractivity contribution < 1.29 is 17.6 Å². The van der Waals surface area contributed by atoms with Crippen molar-refractivity contribution in [2.75, 3.05) is 5.32 Å². The molecule has 0 saturated carbocycles. The molecule has 0 saturated heterocycles. The van der Waals surface area contributed by atoms with Crippen molar-refractivity contribution in [3.8, 4) is 0 Å². The van der Waals surface area contributed by atoms with Gasteiger partial charge in [-0.15, -0.1) is 0 Å². The Morgan fingerprint density at radius 1 is 1.04 bits per heavy atom. The van der Waals surface area contributed by atoms with E-state index in [0.29, 0.717) is 11.4 Å². The number of hydrogen-bond acceptors (Lipinski definition) is 4. The molecule has 0 aliphatic heterocycles. The molecule has 0 fully saturated rings. The number of anilines is 1. The third-order valence-corrected chi connectivity index (χ3v) is 5.40. The molecule has 2 N–H and O–H groups in total. The molecule has 0 atom stereocenters. The van der Waals surface area contributed by atoms with Crippen LogP contribution in [-0.2, 0) is 16.6 Å². The lowest BCUT2D eigenvalue weighted by Crippen LogP contribution is -2.23. The fourth-order valence-corrected chi connectivity index (χ4v) is 3.67. The van der Waals surface area contributed by atoms with Gasteiger partial charge in [0.2, 0.25) is 10.0 Å². The molecule has 0 radical (unpaired) electrons. The van der Waals surface area contributed by atoms with E-state index in [1.807, 2.05) is 6.07 Å². The van der Waals surface area contributed by atoms with Crippen molar-refractivity contribution in [1.29, 1.82) is 0 Å². The van der Waals surface area contributed by atoms with Gasteiger partial charge in [-0.05, 0) is 48.5 Å². The Hall–Kier alpha value is -2.42. The van der Waals surface area contributed by atoms with Crippen LogP contribution in [0.3, 0.4) is 0 Å². The first-order valence-electron chi connectivity index (χ1n) is 7.63. The van der Waals surface area contributed by atoms with Crippen molar-refractivity contribution in [3.63, 3.8) is 0 Å². The molecule has 0 spiro atoms. The van der Waals surface area contributed by atoms with E-state index in [2.05, 4.69) is 26.0 Å². The Labute approximate surface area is 159 Å². The number of rotatable bonds is 6. The van der Waals surface area contributed by atoms with Gasteiger partial charge >= 0.3 is 0 Å². The molecule has 1 heterocycles. The van der Waals surface area contributed by atoms with Gasteiger partial charge in [-0.25, -0.2) is 13.1 Å². The van der Waals surface area contributed by atoms with Gasteiger partial charge in [0.25, 0.3) is 5.91 Å². The minimum atomic E-state index is -3.77. The third-order valence-electron chi connectivity index (χ3n) is 3.51. The zero-order valence-corrected chi connectivity index (χ0v) is 15.9. The van der Waals surface area contributed by atoms with Gasteiger partial charge in [-0.3, -0.25) is 4.79 Å². The highest BCUT2D eigenvalue weighted by atomic mass is 79.9. The molecule has 8 heteroatoms. The van der Waals surface area contributed by atoms with Crippen molar-refractivity contribution in [2.45, 2.75) is 11.4 Å². The van der Waals surface area contributed by atoms with Crippen LogP contribution in [0.2, 0.25) is 0 Å². The molecule has 1 aromatic heterocycles. The molecule has 0 aliphatic rings. The van der Waals surface area contributed by atoms with Crippen LogP contribution < -0.4 is 10.0 Å². The number of amides is 1. The summed E-state index contributed by atoms with van der Waals surface area (Å²) >= 11 is 3.33. The normalized spacial score (nSPS) is 11.3. The molecular weight excluding hydrogens is 420 g/mol. The summed E-state index contributed by atoms with van der Waals surface area (Å²) in [5.41, 5.74) is 0.847. The SMILES string of the molecule is O=C(Nc1cccc(Br)c1)c1cccc(S(=O)(=O)NCc2ccco2)c1. The lowest BCUT2D eigenvalue weighted by atomic mass is 10.2. The Kier molecular flexibility index (Phi) is 5.55. The summed E-state index contributed by atoms with van der Waals surface area (Å²) in [6.07, 6.45) is 1.47. The van der Waals surface area contributed by atoms with Gasteiger partial charge in [-0.1, -0.05) is 28.1 Å². The number of hydrogen-bond donors (Lipinski definition) is 2. The summed E-state index contributed by atoms with van der Waals surface area (Å²) in [4.78, 5) is 12.4. The van der Waals surface area contributed by atoms with Gasteiger partial charge in [0.1, 0.15) is 5.76 Å². The molecule has 6 nitrogen and oxygen atoms in total. The van der Waals surface area contributed by atoms with Gasteiger partial charge in [-0.2, -0.15) is 0 Å². The van der Waals surface area contributed by atoms with Crippen LogP contribution in [0.25, 0.3) is 0 Å². The highest BCUT2D eigenvalue weighted by Gasteiger charge is 2.17. The van der Waals surface area contributed by atoms with Crippen LogP contribution in [-0.4, -0.2) is 14.3 Å². The second kappa shape index (κ2) is 7.86. The summed E-state index contributed by atoms with van der Waals surface area (Å²) in [5.74, 6) is 0.100. The molecule has 3 rings (SSSR count). The summed E-state index contributed by atoms with van der Waals surface area (Å²) in [5, 5.41) is 2.73. The highest BCUT2D eigenvalue weighted by Crippen LogP contribution is 2.18. The van der Waals surface area contributed by atoms with Crippen LogP contribution >= 0.6 is 15.9 Å². The highest BCUT2D eigenvalue weighted by molar-refractivity contribution is 9.10.